The molecule has 0 bridgehead atoms. The van der Waals surface area contributed by atoms with Gasteiger partial charge in [0.2, 0.25) is 0 Å². The Morgan fingerprint density at radius 2 is 1.84 bits per heavy atom. The van der Waals surface area contributed by atoms with E-state index < -0.39 is 17.7 Å². The van der Waals surface area contributed by atoms with Gasteiger partial charge in [0, 0.05) is 48.0 Å². The first kappa shape index (κ1) is 24.7. The second kappa shape index (κ2) is 9.79. The highest BCUT2D eigenvalue weighted by Crippen LogP contribution is 2.39. The zero-order valence-corrected chi connectivity index (χ0v) is 20.2. The highest BCUT2D eigenvalue weighted by molar-refractivity contribution is 5.92. The Balaban J connectivity index is 1.68. The van der Waals surface area contributed by atoms with Crippen molar-refractivity contribution in [3.05, 3.63) is 64.9 Å². The molecule has 2 N–H and O–H groups in total. The van der Waals surface area contributed by atoms with E-state index in [1.54, 1.807) is 19.1 Å². The zero-order chi connectivity index (χ0) is 27.0. The third kappa shape index (κ3) is 4.46. The molecule has 0 atom stereocenters. The first-order valence-electron chi connectivity index (χ1n) is 11.7. The maximum atomic E-state index is 15.5. The van der Waals surface area contributed by atoms with Crippen molar-refractivity contribution in [3.8, 4) is 34.5 Å². The van der Waals surface area contributed by atoms with Crippen LogP contribution in [0.5, 0.6) is 0 Å². The Morgan fingerprint density at radius 1 is 1.11 bits per heavy atom. The number of anilines is 1. The minimum atomic E-state index is -0.844. The Kier molecular flexibility index (Phi) is 6.35. The predicted molar refractivity (Wildman–Crippen MR) is 133 cm³/mol. The molecular formula is C27H20F2N6O3. The van der Waals surface area contributed by atoms with Crippen molar-refractivity contribution in [3.63, 3.8) is 0 Å². The summed E-state index contributed by atoms with van der Waals surface area (Å²) in [6.07, 6.45) is -0.197. The van der Waals surface area contributed by atoms with Crippen molar-refractivity contribution < 1.29 is 22.8 Å². The highest BCUT2D eigenvalue weighted by Gasteiger charge is 2.26. The van der Waals surface area contributed by atoms with Gasteiger partial charge in [-0.1, -0.05) is 11.2 Å². The van der Waals surface area contributed by atoms with Crippen LogP contribution < -0.4 is 10.6 Å². The average Bonchev–Trinajstić information content (AvgIpc) is 3.26. The quantitative estimate of drug-likeness (QED) is 0.403. The molecule has 2 aromatic heterocycles. The lowest BCUT2D eigenvalue weighted by atomic mass is 9.93. The maximum Gasteiger partial charge on any atom is 0.404 e. The Labute approximate surface area is 215 Å². The molecule has 190 valence electrons. The lowest BCUT2D eigenvalue weighted by Crippen LogP contribution is -2.39. The number of pyridine rings is 1. The van der Waals surface area contributed by atoms with Gasteiger partial charge in [-0.2, -0.15) is 10.5 Å². The van der Waals surface area contributed by atoms with E-state index in [4.69, 9.17) is 25.2 Å². The van der Waals surface area contributed by atoms with Crippen molar-refractivity contribution >= 4 is 22.9 Å². The van der Waals surface area contributed by atoms with E-state index in [1.807, 2.05) is 4.90 Å². The minimum absolute atomic E-state index is 0.0394. The number of hydrogen-bond donors (Lipinski definition) is 1. The van der Waals surface area contributed by atoms with E-state index >= 15 is 4.39 Å². The topological polar surface area (TPSA) is 142 Å². The van der Waals surface area contributed by atoms with Gasteiger partial charge in [0.05, 0.1) is 28.6 Å². The van der Waals surface area contributed by atoms with Crippen molar-refractivity contribution in [2.45, 2.75) is 25.9 Å². The largest absolute Gasteiger partial charge is 0.446 e. The van der Waals surface area contributed by atoms with E-state index in [0.29, 0.717) is 48.4 Å². The number of halogens is 2. The van der Waals surface area contributed by atoms with Gasteiger partial charge in [-0.15, -0.1) is 0 Å². The molecule has 0 saturated carbocycles. The van der Waals surface area contributed by atoms with Crippen LogP contribution in [0.3, 0.4) is 0 Å². The number of piperidine rings is 1. The summed E-state index contributed by atoms with van der Waals surface area (Å²) in [5.41, 5.74) is 6.52. The number of ether oxygens (including phenoxy) is 1. The van der Waals surface area contributed by atoms with E-state index in [9.17, 15) is 14.4 Å². The molecule has 3 heterocycles. The molecule has 1 fully saturated rings. The summed E-state index contributed by atoms with van der Waals surface area (Å²) < 4.78 is 40.6. The van der Waals surface area contributed by atoms with Crippen LogP contribution in [0, 0.1) is 41.2 Å². The number of amides is 1. The number of hydrogen-bond acceptors (Lipinski definition) is 8. The number of benzene rings is 2. The molecule has 11 heteroatoms. The summed E-state index contributed by atoms with van der Waals surface area (Å²) in [6.45, 7) is 2.59. The molecule has 38 heavy (non-hydrogen) atoms. The lowest BCUT2D eigenvalue weighted by Gasteiger charge is -2.32. The number of carbonyl (C=O) groups excluding carboxylic acids is 1. The summed E-state index contributed by atoms with van der Waals surface area (Å²) in [6, 6.07) is 12.1. The monoisotopic (exact) mass is 514 g/mol. The lowest BCUT2D eigenvalue weighted by molar-refractivity contribution is 0.0911. The number of primary amides is 1. The number of carbonyl (C=O) groups is 1. The first-order chi connectivity index (χ1) is 18.3. The van der Waals surface area contributed by atoms with E-state index in [1.165, 1.54) is 24.3 Å². The van der Waals surface area contributed by atoms with Crippen LogP contribution in [0.1, 0.15) is 29.7 Å². The van der Waals surface area contributed by atoms with Crippen molar-refractivity contribution in [2.24, 2.45) is 5.73 Å². The Hall–Kier alpha value is -5.03. The van der Waals surface area contributed by atoms with Gasteiger partial charge in [0.1, 0.15) is 29.6 Å². The molecule has 0 aliphatic carbocycles. The molecule has 1 aliphatic heterocycles. The fraction of sp³-hybridized carbons (Fsp3) is 0.222. The average molecular weight is 514 g/mol. The summed E-state index contributed by atoms with van der Waals surface area (Å²) in [5.74, 6) is -0.984. The SMILES string of the molecule is Cc1noc2cc(-c3c(C#N)cc(N4CCC(OC(N)=O)CC4)nc3-c3ccc(C#N)c(F)c3)c(F)cc12. The fourth-order valence-corrected chi connectivity index (χ4v) is 4.65. The van der Waals surface area contributed by atoms with E-state index in [0.717, 1.165) is 6.07 Å². The molecule has 1 amide bonds. The summed E-state index contributed by atoms with van der Waals surface area (Å²) in [4.78, 5) is 17.7. The number of aromatic nitrogens is 2. The molecule has 0 unspecified atom stereocenters. The third-order valence-corrected chi connectivity index (χ3v) is 6.55. The summed E-state index contributed by atoms with van der Waals surface area (Å²) >= 11 is 0. The maximum absolute atomic E-state index is 15.5. The first-order valence-corrected chi connectivity index (χ1v) is 11.7. The summed E-state index contributed by atoms with van der Waals surface area (Å²) in [7, 11) is 0. The van der Waals surface area contributed by atoms with Gasteiger partial charge in [0.25, 0.3) is 0 Å². The van der Waals surface area contributed by atoms with E-state index in [-0.39, 0.29) is 39.6 Å². The van der Waals surface area contributed by atoms with Crippen LogP contribution in [-0.4, -0.2) is 35.4 Å². The van der Waals surface area contributed by atoms with Crippen molar-refractivity contribution in [2.75, 3.05) is 18.0 Å². The number of rotatable bonds is 4. The van der Waals surface area contributed by atoms with Crippen LogP contribution in [0.25, 0.3) is 33.4 Å². The van der Waals surface area contributed by atoms with Gasteiger partial charge in [-0.3, -0.25) is 0 Å². The number of nitrogens with zero attached hydrogens (tertiary/aromatic N) is 5. The van der Waals surface area contributed by atoms with Gasteiger partial charge >= 0.3 is 6.09 Å². The number of nitrogens with two attached hydrogens (primary N) is 1. The molecule has 2 aromatic carbocycles. The highest BCUT2D eigenvalue weighted by atomic mass is 19.1. The molecular weight excluding hydrogens is 494 g/mol. The molecule has 1 saturated heterocycles. The van der Waals surface area contributed by atoms with E-state index in [2.05, 4.69) is 11.2 Å². The number of aryl methyl sites for hydroxylation is 1. The van der Waals surface area contributed by atoms with Crippen molar-refractivity contribution in [1.82, 2.24) is 10.1 Å². The minimum Gasteiger partial charge on any atom is -0.446 e. The number of nitriles is 2. The van der Waals surface area contributed by atoms with Gasteiger partial charge in [-0.05, 0) is 37.3 Å². The van der Waals surface area contributed by atoms with Gasteiger partial charge < -0.3 is 19.9 Å². The molecule has 0 radical (unpaired) electrons. The van der Waals surface area contributed by atoms with Crippen LogP contribution in [0.2, 0.25) is 0 Å². The van der Waals surface area contributed by atoms with Crippen LogP contribution in [0.4, 0.5) is 19.4 Å². The molecule has 1 aliphatic rings. The summed E-state index contributed by atoms with van der Waals surface area (Å²) in [5, 5.41) is 23.6. The Morgan fingerprint density at radius 3 is 2.50 bits per heavy atom. The fourth-order valence-electron chi connectivity index (χ4n) is 4.65. The van der Waals surface area contributed by atoms with Crippen LogP contribution in [-0.2, 0) is 4.74 Å². The zero-order valence-electron chi connectivity index (χ0n) is 20.2. The predicted octanol–water partition coefficient (Wildman–Crippen LogP) is 4.95. The smallest absolute Gasteiger partial charge is 0.404 e. The molecule has 4 aromatic rings. The molecule has 9 nitrogen and oxygen atoms in total. The Bertz CT molecular complexity index is 1660. The van der Waals surface area contributed by atoms with Crippen molar-refractivity contribution in [1.29, 1.82) is 10.5 Å². The van der Waals surface area contributed by atoms with Crippen LogP contribution >= 0.6 is 0 Å². The number of fused-ring (bicyclic) bond motifs is 1. The second-order valence-corrected chi connectivity index (χ2v) is 8.89. The second-order valence-electron chi connectivity index (χ2n) is 8.89. The molecule has 5 rings (SSSR count). The standard InChI is InChI=1S/C27H20F2N6O3/c1-14-19-10-22(29)20(11-23(19)38-34-14)25-17(13-31)9-24(35-6-4-18(5-7-35)37-27(32)36)33-26(25)15-2-3-16(12-30)21(28)8-15/h2-3,8-11,18H,4-7H2,1H3,(H2,32,36). The van der Waals surface area contributed by atoms with Gasteiger partial charge in [-0.25, -0.2) is 18.6 Å². The normalized spacial score (nSPS) is 13.8. The van der Waals surface area contributed by atoms with Gasteiger partial charge in [0.15, 0.2) is 5.58 Å². The molecule has 0 spiro atoms. The third-order valence-electron chi connectivity index (χ3n) is 6.55. The van der Waals surface area contributed by atoms with Crippen LogP contribution in [0.15, 0.2) is 40.9 Å².